The molecule has 2 fully saturated rings. The Labute approximate surface area is 134 Å². The molecule has 0 spiro atoms. The number of carbonyl (C=O) groups is 1. The first-order chi connectivity index (χ1) is 10.6. The van der Waals surface area contributed by atoms with Crippen LogP contribution in [0.5, 0.6) is 0 Å². The lowest BCUT2D eigenvalue weighted by atomic mass is 9.78. The minimum atomic E-state index is 0.0905. The number of rotatable bonds is 3. The van der Waals surface area contributed by atoms with Crippen LogP contribution in [0.2, 0.25) is 0 Å². The summed E-state index contributed by atoms with van der Waals surface area (Å²) in [6.45, 7) is 0.877. The third kappa shape index (κ3) is 3.43. The van der Waals surface area contributed by atoms with Crippen molar-refractivity contribution in [2.75, 3.05) is 23.8 Å². The highest BCUT2D eigenvalue weighted by Gasteiger charge is 2.35. The fraction of sp³-hybridized carbons (Fsp3) is 0.714. The Morgan fingerprint density at radius 2 is 1.77 bits per heavy atom. The third-order valence-corrected chi connectivity index (χ3v) is 5.37. The van der Waals surface area contributed by atoms with Crippen molar-refractivity contribution >= 4 is 29.6 Å². The molecule has 0 bridgehead atoms. The Morgan fingerprint density at radius 3 is 2.55 bits per heavy atom. The standard InChI is InChI=1S/C14H22N6OS/c15-12-17-13(16)19-14(18-12)22-8-11(21)20-7-3-5-9-4-1-2-6-10(9)20/h9-10H,1-8H2,(H4,15,16,17,18,19)/t9-,10-/m1/s1. The quantitative estimate of drug-likeness (QED) is 0.807. The van der Waals surface area contributed by atoms with Gasteiger partial charge >= 0.3 is 0 Å². The molecule has 0 unspecified atom stereocenters. The van der Waals surface area contributed by atoms with Gasteiger partial charge in [-0.15, -0.1) is 0 Å². The maximum absolute atomic E-state index is 12.6. The van der Waals surface area contributed by atoms with Gasteiger partial charge in [-0.3, -0.25) is 4.79 Å². The lowest BCUT2D eigenvalue weighted by Gasteiger charge is -2.44. The third-order valence-electron chi connectivity index (χ3n) is 4.54. The number of thioether (sulfide) groups is 1. The second-order valence-electron chi connectivity index (χ2n) is 5.96. The molecule has 2 heterocycles. The number of nitrogen functional groups attached to an aromatic ring is 2. The normalized spacial score (nSPS) is 24.8. The smallest absolute Gasteiger partial charge is 0.233 e. The van der Waals surface area contributed by atoms with Crippen molar-refractivity contribution in [2.45, 2.75) is 49.7 Å². The van der Waals surface area contributed by atoms with Gasteiger partial charge in [-0.2, -0.15) is 15.0 Å². The molecule has 2 atom stereocenters. The highest BCUT2D eigenvalue weighted by atomic mass is 32.2. The second kappa shape index (κ2) is 6.68. The lowest BCUT2D eigenvalue weighted by molar-refractivity contribution is -0.134. The number of fused-ring (bicyclic) bond motifs is 1. The lowest BCUT2D eigenvalue weighted by Crippen LogP contribution is -2.50. The molecular weight excluding hydrogens is 300 g/mol. The number of nitrogens with two attached hydrogens (primary N) is 2. The van der Waals surface area contributed by atoms with Crippen LogP contribution in [0.15, 0.2) is 5.16 Å². The van der Waals surface area contributed by atoms with Crippen molar-refractivity contribution in [3.63, 3.8) is 0 Å². The summed E-state index contributed by atoms with van der Waals surface area (Å²) in [7, 11) is 0. The van der Waals surface area contributed by atoms with Crippen molar-refractivity contribution in [1.82, 2.24) is 19.9 Å². The molecule has 4 N–H and O–H groups in total. The molecule has 1 aliphatic heterocycles. The molecule has 1 saturated heterocycles. The fourth-order valence-corrected chi connectivity index (χ4v) is 4.33. The zero-order chi connectivity index (χ0) is 15.5. The van der Waals surface area contributed by atoms with Gasteiger partial charge in [-0.25, -0.2) is 0 Å². The molecule has 1 aromatic heterocycles. The number of likely N-dealkylation sites (tertiary alicyclic amines) is 1. The van der Waals surface area contributed by atoms with Crippen LogP contribution in [0.25, 0.3) is 0 Å². The highest BCUT2D eigenvalue weighted by Crippen LogP contribution is 2.35. The van der Waals surface area contributed by atoms with Gasteiger partial charge in [0.1, 0.15) is 0 Å². The van der Waals surface area contributed by atoms with Gasteiger partial charge in [0.25, 0.3) is 0 Å². The van der Waals surface area contributed by atoms with Crippen LogP contribution in [-0.2, 0) is 4.79 Å². The zero-order valence-corrected chi connectivity index (χ0v) is 13.4. The summed E-state index contributed by atoms with van der Waals surface area (Å²) in [5.41, 5.74) is 11.1. The number of carbonyl (C=O) groups excluding carboxylic acids is 1. The first-order valence-corrected chi connectivity index (χ1v) is 8.81. The van der Waals surface area contributed by atoms with Crippen molar-refractivity contribution in [3.8, 4) is 0 Å². The van der Waals surface area contributed by atoms with Crippen molar-refractivity contribution in [3.05, 3.63) is 0 Å². The molecule has 7 nitrogen and oxygen atoms in total. The van der Waals surface area contributed by atoms with E-state index in [1.54, 1.807) is 0 Å². The number of hydrogen-bond acceptors (Lipinski definition) is 7. The van der Waals surface area contributed by atoms with Crippen LogP contribution < -0.4 is 11.5 Å². The van der Waals surface area contributed by atoms with Gasteiger partial charge < -0.3 is 16.4 Å². The first-order valence-electron chi connectivity index (χ1n) is 7.83. The summed E-state index contributed by atoms with van der Waals surface area (Å²) in [6, 6.07) is 0.434. The van der Waals surface area contributed by atoms with E-state index in [-0.39, 0.29) is 17.8 Å². The molecule has 0 aromatic carbocycles. The summed E-state index contributed by atoms with van der Waals surface area (Å²) >= 11 is 1.28. The highest BCUT2D eigenvalue weighted by molar-refractivity contribution is 7.99. The number of nitrogens with zero attached hydrogens (tertiary/aromatic N) is 4. The van der Waals surface area contributed by atoms with Gasteiger partial charge in [0, 0.05) is 12.6 Å². The van der Waals surface area contributed by atoms with Gasteiger partial charge in [0.15, 0.2) is 5.16 Å². The minimum absolute atomic E-state index is 0.0905. The summed E-state index contributed by atoms with van der Waals surface area (Å²) in [4.78, 5) is 26.4. The van der Waals surface area contributed by atoms with Crippen molar-refractivity contribution in [2.24, 2.45) is 5.92 Å². The monoisotopic (exact) mass is 322 g/mol. The Hall–Kier alpha value is -1.57. The van der Waals surface area contributed by atoms with Crippen molar-refractivity contribution < 1.29 is 4.79 Å². The summed E-state index contributed by atoms with van der Waals surface area (Å²) in [6.07, 6.45) is 7.33. The maximum atomic E-state index is 12.6. The van der Waals surface area contributed by atoms with Gasteiger partial charge in [-0.1, -0.05) is 24.6 Å². The number of piperidine rings is 1. The Bertz CT molecular complexity index is 532. The van der Waals surface area contributed by atoms with Crippen LogP contribution in [0, 0.1) is 5.92 Å². The van der Waals surface area contributed by atoms with E-state index in [1.807, 2.05) is 0 Å². The van der Waals surface area contributed by atoms with E-state index in [0.717, 1.165) is 19.4 Å². The molecule has 1 aromatic rings. The molecule has 120 valence electrons. The first kappa shape index (κ1) is 15.3. The maximum Gasteiger partial charge on any atom is 0.233 e. The van der Waals surface area contributed by atoms with Crippen LogP contribution in [0.1, 0.15) is 38.5 Å². The predicted octanol–water partition coefficient (Wildman–Crippen LogP) is 1.31. The Balaban J connectivity index is 1.61. The molecule has 1 saturated carbocycles. The van der Waals surface area contributed by atoms with Crippen LogP contribution >= 0.6 is 11.8 Å². The fourth-order valence-electron chi connectivity index (χ4n) is 3.60. The number of anilines is 2. The number of hydrogen-bond donors (Lipinski definition) is 2. The van der Waals surface area contributed by atoms with Gasteiger partial charge in [-0.05, 0) is 31.6 Å². The van der Waals surface area contributed by atoms with Gasteiger partial charge in [0.05, 0.1) is 5.75 Å². The van der Waals surface area contributed by atoms with E-state index in [0.29, 0.717) is 22.9 Å². The van der Waals surface area contributed by atoms with Gasteiger partial charge in [0.2, 0.25) is 17.8 Å². The zero-order valence-electron chi connectivity index (χ0n) is 12.6. The van der Waals surface area contributed by atoms with E-state index >= 15 is 0 Å². The van der Waals surface area contributed by atoms with E-state index in [2.05, 4.69) is 19.9 Å². The van der Waals surface area contributed by atoms with Crippen LogP contribution in [0.4, 0.5) is 11.9 Å². The molecular formula is C14H22N6OS. The second-order valence-corrected chi connectivity index (χ2v) is 6.91. The van der Waals surface area contributed by atoms with E-state index < -0.39 is 0 Å². The predicted molar refractivity (Wildman–Crippen MR) is 86.1 cm³/mol. The number of aromatic nitrogens is 3. The summed E-state index contributed by atoms with van der Waals surface area (Å²) < 4.78 is 0. The topological polar surface area (TPSA) is 111 Å². The molecule has 1 amide bonds. The van der Waals surface area contributed by atoms with Crippen LogP contribution in [-0.4, -0.2) is 44.1 Å². The largest absolute Gasteiger partial charge is 0.368 e. The van der Waals surface area contributed by atoms with Crippen LogP contribution in [0.3, 0.4) is 0 Å². The van der Waals surface area contributed by atoms with E-state index in [4.69, 9.17) is 11.5 Å². The summed E-state index contributed by atoms with van der Waals surface area (Å²) in [5.74, 6) is 1.37. The van der Waals surface area contributed by atoms with E-state index in [1.165, 1.54) is 37.4 Å². The SMILES string of the molecule is Nc1nc(N)nc(SCC(=O)N2CCC[C@H]3CCCC[C@H]32)n1. The summed E-state index contributed by atoms with van der Waals surface area (Å²) in [5, 5.41) is 0.413. The van der Waals surface area contributed by atoms with E-state index in [9.17, 15) is 4.79 Å². The molecule has 0 radical (unpaired) electrons. The molecule has 2 aliphatic rings. The molecule has 3 rings (SSSR count). The molecule has 22 heavy (non-hydrogen) atoms. The minimum Gasteiger partial charge on any atom is -0.368 e. The molecule has 8 heteroatoms. The average molecular weight is 322 g/mol. The molecule has 1 aliphatic carbocycles. The Morgan fingerprint density at radius 1 is 1.09 bits per heavy atom. The average Bonchev–Trinajstić information content (AvgIpc) is 2.51. The Kier molecular flexibility index (Phi) is 4.66. The van der Waals surface area contributed by atoms with Crippen molar-refractivity contribution in [1.29, 1.82) is 0 Å². The number of amides is 1.